The van der Waals surface area contributed by atoms with Gasteiger partial charge in [-0.15, -0.1) is 0 Å². The molecule has 0 bridgehead atoms. The van der Waals surface area contributed by atoms with E-state index in [4.69, 9.17) is 19.7 Å². The second-order valence-electron chi connectivity index (χ2n) is 6.45. The van der Waals surface area contributed by atoms with E-state index < -0.39 is 0 Å². The quantitative estimate of drug-likeness (QED) is 0.603. The lowest BCUT2D eigenvalue weighted by Crippen LogP contribution is -2.37. The first-order valence-electron chi connectivity index (χ1n) is 8.95. The van der Waals surface area contributed by atoms with Gasteiger partial charge in [-0.1, -0.05) is 12.1 Å². The van der Waals surface area contributed by atoms with Crippen LogP contribution in [0.15, 0.2) is 42.9 Å². The molecule has 0 aliphatic carbocycles. The smallest absolute Gasteiger partial charge is 0.240 e. The molecular formula is C19H19N7O. The molecule has 5 rings (SSSR count). The summed E-state index contributed by atoms with van der Waals surface area (Å²) in [6, 6.07) is 8.14. The first kappa shape index (κ1) is 16.0. The van der Waals surface area contributed by atoms with Crippen LogP contribution in [0.4, 0.5) is 5.95 Å². The summed E-state index contributed by atoms with van der Waals surface area (Å²) >= 11 is 0. The van der Waals surface area contributed by atoms with Gasteiger partial charge in [0.05, 0.1) is 13.2 Å². The van der Waals surface area contributed by atoms with Crippen molar-refractivity contribution in [1.29, 1.82) is 0 Å². The molecule has 0 radical (unpaired) electrons. The molecule has 4 aromatic rings. The van der Waals surface area contributed by atoms with Gasteiger partial charge < -0.3 is 14.6 Å². The van der Waals surface area contributed by atoms with Crippen LogP contribution in [-0.2, 0) is 4.74 Å². The fraction of sp³-hybridized carbons (Fsp3) is 0.263. The number of fused-ring (bicyclic) bond motifs is 1. The fourth-order valence-electron chi connectivity index (χ4n) is 3.36. The molecule has 0 saturated carbocycles. The van der Waals surface area contributed by atoms with Crippen molar-refractivity contribution in [1.82, 2.24) is 29.5 Å². The molecule has 1 fully saturated rings. The number of hydrogen-bond acceptors (Lipinski definition) is 6. The molecule has 3 aromatic heterocycles. The van der Waals surface area contributed by atoms with Crippen LogP contribution < -0.4 is 4.90 Å². The van der Waals surface area contributed by atoms with E-state index in [1.165, 1.54) is 0 Å². The molecule has 1 aliphatic rings. The Morgan fingerprint density at radius 2 is 1.89 bits per heavy atom. The second kappa shape index (κ2) is 6.48. The summed E-state index contributed by atoms with van der Waals surface area (Å²) in [6.45, 7) is 4.81. The molecule has 1 N–H and O–H groups in total. The zero-order valence-corrected chi connectivity index (χ0v) is 15.0. The van der Waals surface area contributed by atoms with E-state index in [9.17, 15) is 0 Å². The van der Waals surface area contributed by atoms with Crippen LogP contribution in [0.2, 0.25) is 0 Å². The minimum absolute atomic E-state index is 0.573. The van der Waals surface area contributed by atoms with Gasteiger partial charge in [-0.2, -0.15) is 15.0 Å². The Kier molecular flexibility index (Phi) is 3.83. The second-order valence-corrected chi connectivity index (χ2v) is 6.45. The normalized spacial score (nSPS) is 14.8. The van der Waals surface area contributed by atoms with Gasteiger partial charge >= 0.3 is 0 Å². The first-order valence-corrected chi connectivity index (χ1v) is 8.95. The molecule has 1 aromatic carbocycles. The number of aryl methyl sites for hydroxylation is 1. The third-order valence-corrected chi connectivity index (χ3v) is 4.78. The van der Waals surface area contributed by atoms with Crippen LogP contribution in [0.1, 0.15) is 5.82 Å². The summed E-state index contributed by atoms with van der Waals surface area (Å²) in [5.74, 6) is 2.72. The first-order chi connectivity index (χ1) is 13.3. The molecule has 0 amide bonds. The highest BCUT2D eigenvalue weighted by atomic mass is 16.5. The number of aromatic amines is 1. The van der Waals surface area contributed by atoms with Crippen molar-refractivity contribution in [3.63, 3.8) is 0 Å². The molecule has 136 valence electrons. The molecule has 27 heavy (non-hydrogen) atoms. The number of H-pyrrole nitrogens is 1. The number of imidazole rings is 1. The van der Waals surface area contributed by atoms with E-state index in [-0.39, 0.29) is 0 Å². The maximum Gasteiger partial charge on any atom is 0.240 e. The lowest BCUT2D eigenvalue weighted by molar-refractivity contribution is 0.122. The Morgan fingerprint density at radius 1 is 1.04 bits per heavy atom. The average molecular weight is 361 g/mol. The lowest BCUT2D eigenvalue weighted by Gasteiger charge is -2.27. The van der Waals surface area contributed by atoms with E-state index in [0.717, 1.165) is 35.4 Å². The van der Waals surface area contributed by atoms with E-state index in [1.54, 1.807) is 6.20 Å². The predicted molar refractivity (Wildman–Crippen MR) is 102 cm³/mol. The molecule has 8 heteroatoms. The summed E-state index contributed by atoms with van der Waals surface area (Å²) in [7, 11) is 0. The molecule has 0 spiro atoms. The number of morpholine rings is 1. The predicted octanol–water partition coefficient (Wildman–Crippen LogP) is 2.35. The summed E-state index contributed by atoms with van der Waals surface area (Å²) in [5.41, 5.74) is 2.03. The van der Waals surface area contributed by atoms with Gasteiger partial charge in [-0.3, -0.25) is 4.57 Å². The maximum atomic E-state index is 5.47. The minimum Gasteiger partial charge on any atom is -0.378 e. The monoisotopic (exact) mass is 361 g/mol. The van der Waals surface area contributed by atoms with E-state index in [0.29, 0.717) is 30.9 Å². The highest BCUT2D eigenvalue weighted by Gasteiger charge is 2.19. The number of benzene rings is 1. The fourth-order valence-corrected chi connectivity index (χ4v) is 3.36. The molecular weight excluding hydrogens is 342 g/mol. The van der Waals surface area contributed by atoms with Crippen molar-refractivity contribution >= 4 is 16.9 Å². The van der Waals surface area contributed by atoms with Crippen LogP contribution in [0.5, 0.6) is 0 Å². The SMILES string of the molecule is Cc1nccn1-c1nc(-c2cccc3[nH]ccc23)nc(N2CCOCC2)n1. The van der Waals surface area contributed by atoms with E-state index in [1.807, 2.05) is 48.1 Å². The molecule has 4 heterocycles. The van der Waals surface area contributed by atoms with Crippen molar-refractivity contribution in [2.75, 3.05) is 31.2 Å². The van der Waals surface area contributed by atoms with E-state index in [2.05, 4.69) is 14.9 Å². The standard InChI is InChI=1S/C19H19N7O/c1-13-20-7-8-26(13)19-23-17(15-3-2-4-16-14(15)5-6-21-16)22-18(24-19)25-9-11-27-12-10-25/h2-8,21H,9-12H2,1H3. The van der Waals surface area contributed by atoms with Crippen molar-refractivity contribution < 1.29 is 4.74 Å². The third-order valence-electron chi connectivity index (χ3n) is 4.78. The Labute approximate surface area is 155 Å². The zero-order chi connectivity index (χ0) is 18.2. The van der Waals surface area contributed by atoms with Crippen LogP contribution in [0.25, 0.3) is 28.2 Å². The van der Waals surface area contributed by atoms with Gasteiger partial charge in [0.1, 0.15) is 5.82 Å². The summed E-state index contributed by atoms with van der Waals surface area (Å²) in [5, 5.41) is 1.09. The molecule has 8 nitrogen and oxygen atoms in total. The topological polar surface area (TPSA) is 84.8 Å². The summed E-state index contributed by atoms with van der Waals surface area (Å²) < 4.78 is 7.35. The lowest BCUT2D eigenvalue weighted by atomic mass is 10.1. The Balaban J connectivity index is 1.70. The number of ether oxygens (including phenoxy) is 1. The van der Waals surface area contributed by atoms with Crippen molar-refractivity contribution in [3.05, 3.63) is 48.7 Å². The van der Waals surface area contributed by atoms with Gasteiger partial charge in [0.25, 0.3) is 0 Å². The maximum absolute atomic E-state index is 5.47. The Bertz CT molecular complexity index is 1090. The van der Waals surface area contributed by atoms with Crippen molar-refractivity contribution in [2.45, 2.75) is 6.92 Å². The van der Waals surface area contributed by atoms with Gasteiger partial charge in [0.2, 0.25) is 11.9 Å². The number of aromatic nitrogens is 6. The molecule has 1 aliphatic heterocycles. The highest BCUT2D eigenvalue weighted by molar-refractivity contribution is 5.93. The van der Waals surface area contributed by atoms with Crippen LogP contribution in [0.3, 0.4) is 0 Å². The number of anilines is 1. The Morgan fingerprint density at radius 3 is 2.70 bits per heavy atom. The highest BCUT2D eigenvalue weighted by Crippen LogP contribution is 2.27. The third kappa shape index (κ3) is 2.83. The number of rotatable bonds is 3. The Hall–Kier alpha value is -3.26. The van der Waals surface area contributed by atoms with Gasteiger partial charge in [0.15, 0.2) is 5.82 Å². The molecule has 0 atom stereocenters. The largest absolute Gasteiger partial charge is 0.378 e. The van der Waals surface area contributed by atoms with Gasteiger partial charge in [-0.25, -0.2) is 4.98 Å². The number of nitrogens with one attached hydrogen (secondary N) is 1. The van der Waals surface area contributed by atoms with Crippen LogP contribution in [0, 0.1) is 6.92 Å². The average Bonchev–Trinajstić information content (AvgIpc) is 3.37. The van der Waals surface area contributed by atoms with Gasteiger partial charge in [0, 0.05) is 48.1 Å². The van der Waals surface area contributed by atoms with Crippen molar-refractivity contribution in [2.24, 2.45) is 0 Å². The van der Waals surface area contributed by atoms with Crippen LogP contribution in [-0.4, -0.2) is 55.8 Å². The number of hydrogen-bond donors (Lipinski definition) is 1. The van der Waals surface area contributed by atoms with Crippen LogP contribution >= 0.6 is 0 Å². The minimum atomic E-state index is 0.573. The number of nitrogens with zero attached hydrogens (tertiary/aromatic N) is 6. The van der Waals surface area contributed by atoms with E-state index >= 15 is 0 Å². The molecule has 1 saturated heterocycles. The zero-order valence-electron chi connectivity index (χ0n) is 15.0. The summed E-state index contributed by atoms with van der Waals surface area (Å²) in [4.78, 5) is 24.0. The van der Waals surface area contributed by atoms with Crippen molar-refractivity contribution in [3.8, 4) is 17.3 Å². The van der Waals surface area contributed by atoms with Gasteiger partial charge in [-0.05, 0) is 19.1 Å². The summed E-state index contributed by atoms with van der Waals surface area (Å²) in [6.07, 6.45) is 5.55. The molecule has 0 unspecified atom stereocenters.